The largest absolute Gasteiger partial charge is 0.508 e. The number of aliphatic carboxylic acids is 1. The van der Waals surface area contributed by atoms with E-state index in [1.165, 1.54) is 25.7 Å². The predicted octanol–water partition coefficient (Wildman–Crippen LogP) is 5.80. The van der Waals surface area contributed by atoms with Crippen LogP contribution in [0.3, 0.4) is 0 Å². The smallest absolute Gasteiger partial charge is 0.303 e. The molecule has 0 unspecified atom stereocenters. The number of phenolic OH excluding ortho intramolecular Hbond substituents is 1. The van der Waals surface area contributed by atoms with E-state index in [9.17, 15) is 9.90 Å². The van der Waals surface area contributed by atoms with Gasteiger partial charge in [0.2, 0.25) is 0 Å². The van der Waals surface area contributed by atoms with E-state index in [1.54, 1.807) is 12.1 Å². The lowest BCUT2D eigenvalue weighted by Crippen LogP contribution is -2.10. The number of aryl methyl sites for hydroxylation is 1. The van der Waals surface area contributed by atoms with Crippen LogP contribution in [-0.2, 0) is 11.2 Å². The highest BCUT2D eigenvalue weighted by Crippen LogP contribution is 2.37. The van der Waals surface area contributed by atoms with Gasteiger partial charge in [-0.15, -0.1) is 0 Å². The van der Waals surface area contributed by atoms with Gasteiger partial charge in [-0.2, -0.15) is 0 Å². The van der Waals surface area contributed by atoms with E-state index < -0.39 is 5.97 Å². The first kappa shape index (κ1) is 19.3. The number of phenols is 1. The third kappa shape index (κ3) is 4.53. The molecule has 0 bridgehead atoms. The Kier molecular flexibility index (Phi) is 5.70. The average molecular weight is 390 g/mol. The summed E-state index contributed by atoms with van der Waals surface area (Å²) in [6.07, 6.45) is 5.43. The molecule has 2 N–H and O–H groups in total. The molecule has 1 fully saturated rings. The second kappa shape index (κ2) is 8.56. The second-order valence-corrected chi connectivity index (χ2v) is 7.90. The van der Waals surface area contributed by atoms with Gasteiger partial charge >= 0.3 is 5.97 Å². The summed E-state index contributed by atoms with van der Waals surface area (Å²) in [4.78, 5) is 11.1. The van der Waals surface area contributed by atoms with Crippen LogP contribution in [0.15, 0.2) is 54.6 Å². The Labute approximate surface area is 170 Å². The van der Waals surface area contributed by atoms with Crippen molar-refractivity contribution in [1.82, 2.24) is 0 Å². The number of benzene rings is 3. The molecule has 3 aromatic rings. The van der Waals surface area contributed by atoms with Crippen molar-refractivity contribution in [2.45, 2.75) is 38.5 Å². The normalized spacial score (nSPS) is 14.3. The van der Waals surface area contributed by atoms with E-state index in [0.717, 1.165) is 33.2 Å². The van der Waals surface area contributed by atoms with Crippen LogP contribution in [0.4, 0.5) is 0 Å². The van der Waals surface area contributed by atoms with E-state index in [-0.39, 0.29) is 12.2 Å². The Bertz CT molecular complexity index is 1020. The van der Waals surface area contributed by atoms with Gasteiger partial charge in [-0.1, -0.05) is 49.2 Å². The third-order valence-electron chi connectivity index (χ3n) is 5.78. The molecule has 3 aromatic carbocycles. The summed E-state index contributed by atoms with van der Waals surface area (Å²) in [6, 6.07) is 17.4. The van der Waals surface area contributed by atoms with E-state index in [0.29, 0.717) is 18.9 Å². The molecule has 1 saturated carbocycles. The maximum absolute atomic E-state index is 11.1. The summed E-state index contributed by atoms with van der Waals surface area (Å²) in [5.41, 5.74) is 2.90. The number of hydrogen-bond acceptors (Lipinski definition) is 3. The molecule has 4 rings (SSSR count). The van der Waals surface area contributed by atoms with E-state index >= 15 is 0 Å². The van der Waals surface area contributed by atoms with Gasteiger partial charge in [0, 0.05) is 12.0 Å². The van der Waals surface area contributed by atoms with Gasteiger partial charge < -0.3 is 14.9 Å². The minimum atomic E-state index is -0.807. The van der Waals surface area contributed by atoms with Gasteiger partial charge in [0.05, 0.1) is 6.61 Å². The van der Waals surface area contributed by atoms with Crippen LogP contribution < -0.4 is 4.74 Å². The molecule has 0 atom stereocenters. The van der Waals surface area contributed by atoms with Crippen molar-refractivity contribution in [2.24, 2.45) is 5.92 Å². The molecule has 0 spiro atoms. The molecular weight excluding hydrogens is 364 g/mol. The zero-order valence-electron chi connectivity index (χ0n) is 16.4. The lowest BCUT2D eigenvalue weighted by molar-refractivity contribution is -0.136. The summed E-state index contributed by atoms with van der Waals surface area (Å²) in [5.74, 6) is 0.796. The third-order valence-corrected chi connectivity index (χ3v) is 5.78. The lowest BCUT2D eigenvalue weighted by atomic mass is 9.96. The fourth-order valence-corrected chi connectivity index (χ4v) is 4.20. The van der Waals surface area contributed by atoms with Crippen molar-refractivity contribution >= 4 is 16.7 Å². The Balaban J connectivity index is 1.72. The van der Waals surface area contributed by atoms with Crippen LogP contribution >= 0.6 is 0 Å². The number of carboxylic acid groups (broad SMARTS) is 1. The maximum Gasteiger partial charge on any atom is 0.303 e. The molecular formula is C25H26O4. The molecule has 0 radical (unpaired) electrons. The number of para-hydroxylation sites is 1. The standard InChI is InChI=1S/C25H26O4/c26-22-12-10-18-8-9-20(14-21(18)15-22)23-7-3-6-19(11-13-24(27)28)25(23)29-16-17-4-1-2-5-17/h3,6-10,12,14-15,17,26H,1-2,4-5,11,13,16H2,(H,27,28). The van der Waals surface area contributed by atoms with Crippen LogP contribution in [0.1, 0.15) is 37.7 Å². The summed E-state index contributed by atoms with van der Waals surface area (Å²) < 4.78 is 6.33. The van der Waals surface area contributed by atoms with Crippen LogP contribution in [0.5, 0.6) is 11.5 Å². The number of hydrogen-bond donors (Lipinski definition) is 2. The minimum absolute atomic E-state index is 0.0782. The SMILES string of the molecule is O=C(O)CCc1cccc(-c2ccc3ccc(O)cc3c2)c1OCC1CCCC1. The number of carboxylic acids is 1. The van der Waals surface area contributed by atoms with Gasteiger partial charge in [0.1, 0.15) is 11.5 Å². The van der Waals surface area contributed by atoms with E-state index in [4.69, 9.17) is 9.84 Å². The van der Waals surface area contributed by atoms with Gasteiger partial charge in [0.25, 0.3) is 0 Å². The zero-order chi connectivity index (χ0) is 20.2. The van der Waals surface area contributed by atoms with Gasteiger partial charge in [0.15, 0.2) is 0 Å². The highest BCUT2D eigenvalue weighted by Gasteiger charge is 2.19. The predicted molar refractivity (Wildman–Crippen MR) is 114 cm³/mol. The quantitative estimate of drug-likeness (QED) is 0.535. The Morgan fingerprint density at radius 2 is 1.79 bits per heavy atom. The number of rotatable bonds is 7. The summed E-state index contributed by atoms with van der Waals surface area (Å²) in [6.45, 7) is 0.672. The molecule has 0 aromatic heterocycles. The average Bonchev–Trinajstić information content (AvgIpc) is 3.23. The van der Waals surface area contributed by atoms with E-state index in [2.05, 4.69) is 6.07 Å². The fraction of sp³-hybridized carbons (Fsp3) is 0.320. The zero-order valence-corrected chi connectivity index (χ0v) is 16.4. The number of aromatic hydroxyl groups is 1. The fourth-order valence-electron chi connectivity index (χ4n) is 4.20. The first-order valence-electron chi connectivity index (χ1n) is 10.3. The molecule has 1 aliphatic rings. The Morgan fingerprint density at radius 3 is 2.59 bits per heavy atom. The second-order valence-electron chi connectivity index (χ2n) is 7.90. The topological polar surface area (TPSA) is 66.8 Å². The lowest BCUT2D eigenvalue weighted by Gasteiger charge is -2.19. The summed E-state index contributed by atoms with van der Waals surface area (Å²) in [5, 5.41) is 21.0. The molecule has 1 aliphatic carbocycles. The van der Waals surface area contributed by atoms with Crippen molar-refractivity contribution in [3.63, 3.8) is 0 Å². The molecule has 29 heavy (non-hydrogen) atoms. The Hall–Kier alpha value is -3.01. The van der Waals surface area contributed by atoms with Crippen molar-refractivity contribution in [3.8, 4) is 22.6 Å². The van der Waals surface area contributed by atoms with Crippen molar-refractivity contribution < 1.29 is 19.7 Å². The van der Waals surface area contributed by atoms with Gasteiger partial charge in [-0.05, 0) is 65.3 Å². The van der Waals surface area contributed by atoms with Crippen LogP contribution in [-0.4, -0.2) is 22.8 Å². The molecule has 0 heterocycles. The van der Waals surface area contributed by atoms with Gasteiger partial charge in [-0.3, -0.25) is 4.79 Å². The molecule has 0 saturated heterocycles. The van der Waals surface area contributed by atoms with Crippen LogP contribution in [0, 0.1) is 5.92 Å². The number of ether oxygens (including phenoxy) is 1. The minimum Gasteiger partial charge on any atom is -0.508 e. The first-order valence-corrected chi connectivity index (χ1v) is 10.3. The van der Waals surface area contributed by atoms with Crippen molar-refractivity contribution in [2.75, 3.05) is 6.61 Å². The van der Waals surface area contributed by atoms with Crippen molar-refractivity contribution in [1.29, 1.82) is 0 Å². The number of carbonyl (C=O) groups is 1. The van der Waals surface area contributed by atoms with Crippen LogP contribution in [0.2, 0.25) is 0 Å². The highest BCUT2D eigenvalue weighted by atomic mass is 16.5. The molecule has 4 nitrogen and oxygen atoms in total. The first-order chi connectivity index (χ1) is 14.1. The summed E-state index contributed by atoms with van der Waals surface area (Å²) in [7, 11) is 0. The van der Waals surface area contributed by atoms with Gasteiger partial charge in [-0.25, -0.2) is 0 Å². The molecule has 150 valence electrons. The van der Waals surface area contributed by atoms with E-state index in [1.807, 2.05) is 36.4 Å². The summed E-state index contributed by atoms with van der Waals surface area (Å²) >= 11 is 0. The number of fused-ring (bicyclic) bond motifs is 1. The molecule has 0 amide bonds. The monoisotopic (exact) mass is 390 g/mol. The molecule has 0 aliphatic heterocycles. The molecule has 4 heteroatoms. The van der Waals surface area contributed by atoms with Crippen LogP contribution in [0.25, 0.3) is 21.9 Å². The van der Waals surface area contributed by atoms with Crippen molar-refractivity contribution in [3.05, 3.63) is 60.2 Å². The highest BCUT2D eigenvalue weighted by molar-refractivity contribution is 5.89. The maximum atomic E-state index is 11.1. The Morgan fingerprint density at radius 1 is 1.00 bits per heavy atom.